The van der Waals surface area contributed by atoms with Crippen molar-refractivity contribution in [2.24, 2.45) is 11.8 Å². The molecule has 0 bridgehead atoms. The lowest BCUT2D eigenvalue weighted by Crippen LogP contribution is -2.39. The van der Waals surface area contributed by atoms with E-state index in [-0.39, 0.29) is 10.6 Å². The molecule has 1 aliphatic heterocycles. The van der Waals surface area contributed by atoms with E-state index in [1.807, 2.05) is 6.07 Å². The van der Waals surface area contributed by atoms with Gasteiger partial charge in [-0.3, -0.25) is 10.1 Å². The zero-order valence-electron chi connectivity index (χ0n) is 10.6. The highest BCUT2D eigenvalue weighted by molar-refractivity contribution is 5.58. The molecule has 18 heavy (non-hydrogen) atoms. The Balaban J connectivity index is 1.88. The van der Waals surface area contributed by atoms with Crippen molar-refractivity contribution in [1.29, 1.82) is 0 Å². The summed E-state index contributed by atoms with van der Waals surface area (Å²) in [5, 5.41) is 14.4. The first-order valence-electron chi connectivity index (χ1n) is 6.67. The minimum atomic E-state index is -0.310. The van der Waals surface area contributed by atoms with Crippen molar-refractivity contribution in [2.75, 3.05) is 5.32 Å². The molecule has 0 radical (unpaired) electrons. The fraction of sp³-hybridized carbons (Fsp3) is 0.571. The van der Waals surface area contributed by atoms with Gasteiger partial charge in [0.05, 0.1) is 4.92 Å². The number of hydrogen-bond donors (Lipinski definition) is 1. The van der Waals surface area contributed by atoms with Crippen LogP contribution in [0, 0.1) is 22.0 Å². The van der Waals surface area contributed by atoms with Gasteiger partial charge in [-0.1, -0.05) is 13.3 Å². The number of nitrogens with one attached hydrogen (secondary N) is 1. The van der Waals surface area contributed by atoms with Gasteiger partial charge in [-0.15, -0.1) is 0 Å². The van der Waals surface area contributed by atoms with Crippen LogP contribution in [0.3, 0.4) is 0 Å². The highest BCUT2D eigenvalue weighted by Gasteiger charge is 2.33. The van der Waals surface area contributed by atoms with Gasteiger partial charge in [-0.05, 0) is 42.7 Å². The Hall–Kier alpha value is -1.58. The lowest BCUT2D eigenvalue weighted by molar-refractivity contribution is -0.384. The normalized spacial score (nSPS) is 29.9. The first kappa shape index (κ1) is 11.5. The summed E-state index contributed by atoms with van der Waals surface area (Å²) in [6, 6.07) is 5.75. The summed E-state index contributed by atoms with van der Waals surface area (Å²) < 4.78 is 0. The first-order chi connectivity index (χ1) is 8.63. The second-order valence-corrected chi connectivity index (χ2v) is 5.73. The molecule has 3 atom stereocenters. The highest BCUT2D eigenvalue weighted by atomic mass is 16.6. The number of nitro benzene ring substituents is 1. The molecular weight excluding hydrogens is 228 g/mol. The van der Waals surface area contributed by atoms with Crippen molar-refractivity contribution in [3.8, 4) is 0 Å². The summed E-state index contributed by atoms with van der Waals surface area (Å²) in [4.78, 5) is 10.5. The molecule has 4 nitrogen and oxygen atoms in total. The fourth-order valence-electron chi connectivity index (χ4n) is 3.35. The van der Waals surface area contributed by atoms with E-state index in [1.165, 1.54) is 19.3 Å². The molecule has 0 amide bonds. The van der Waals surface area contributed by atoms with Crippen LogP contribution >= 0.6 is 0 Å². The SMILES string of the molecule is CC1CCC2Cc3cc([N+](=O)[O-])ccc3NC2C1. The van der Waals surface area contributed by atoms with Crippen LogP contribution in [0.5, 0.6) is 0 Å². The second kappa shape index (κ2) is 4.26. The molecule has 96 valence electrons. The Morgan fingerprint density at radius 3 is 3.00 bits per heavy atom. The minimum absolute atomic E-state index is 0.207. The van der Waals surface area contributed by atoms with Gasteiger partial charge in [0.15, 0.2) is 0 Å². The van der Waals surface area contributed by atoms with E-state index in [9.17, 15) is 10.1 Å². The molecule has 1 fully saturated rings. The lowest BCUT2D eigenvalue weighted by Gasteiger charge is -2.40. The molecular formula is C14H18N2O2. The molecule has 1 N–H and O–H groups in total. The van der Waals surface area contributed by atoms with E-state index in [4.69, 9.17) is 0 Å². The lowest BCUT2D eigenvalue weighted by atomic mass is 9.74. The molecule has 1 heterocycles. The zero-order valence-corrected chi connectivity index (χ0v) is 10.6. The van der Waals surface area contributed by atoms with E-state index in [0.717, 1.165) is 23.6 Å². The molecule has 0 spiro atoms. The molecule has 2 aliphatic rings. The van der Waals surface area contributed by atoms with Crippen LogP contribution in [0.25, 0.3) is 0 Å². The summed E-state index contributed by atoms with van der Waals surface area (Å²) >= 11 is 0. The van der Waals surface area contributed by atoms with Gasteiger partial charge in [-0.25, -0.2) is 0 Å². The largest absolute Gasteiger partial charge is 0.382 e. The van der Waals surface area contributed by atoms with Gasteiger partial charge >= 0.3 is 0 Å². The first-order valence-corrected chi connectivity index (χ1v) is 6.67. The predicted octanol–water partition coefficient (Wildman–Crippen LogP) is 3.37. The van der Waals surface area contributed by atoms with Gasteiger partial charge in [0.25, 0.3) is 5.69 Å². The number of benzene rings is 1. The van der Waals surface area contributed by atoms with Crippen molar-refractivity contribution in [3.63, 3.8) is 0 Å². The fourth-order valence-corrected chi connectivity index (χ4v) is 3.35. The topological polar surface area (TPSA) is 55.2 Å². The predicted molar refractivity (Wildman–Crippen MR) is 70.7 cm³/mol. The number of hydrogen-bond acceptors (Lipinski definition) is 3. The van der Waals surface area contributed by atoms with Crippen LogP contribution in [0.4, 0.5) is 11.4 Å². The number of nitrogens with zero attached hydrogens (tertiary/aromatic N) is 1. The summed E-state index contributed by atoms with van der Waals surface area (Å²) in [6.07, 6.45) is 4.73. The van der Waals surface area contributed by atoms with Crippen molar-refractivity contribution in [3.05, 3.63) is 33.9 Å². The van der Waals surface area contributed by atoms with E-state index in [0.29, 0.717) is 12.0 Å². The molecule has 1 saturated carbocycles. The smallest absolute Gasteiger partial charge is 0.269 e. The van der Waals surface area contributed by atoms with E-state index < -0.39 is 0 Å². The van der Waals surface area contributed by atoms with Crippen LogP contribution in [0.15, 0.2) is 18.2 Å². The maximum absolute atomic E-state index is 10.8. The average Bonchev–Trinajstić information content (AvgIpc) is 2.35. The van der Waals surface area contributed by atoms with Gasteiger partial charge < -0.3 is 5.32 Å². The maximum atomic E-state index is 10.8. The van der Waals surface area contributed by atoms with Crippen molar-refractivity contribution in [2.45, 2.75) is 38.6 Å². The van der Waals surface area contributed by atoms with E-state index in [2.05, 4.69) is 12.2 Å². The van der Waals surface area contributed by atoms with Crippen LogP contribution < -0.4 is 5.32 Å². The molecule has 1 aromatic carbocycles. The van der Waals surface area contributed by atoms with E-state index >= 15 is 0 Å². The van der Waals surface area contributed by atoms with E-state index in [1.54, 1.807) is 12.1 Å². The standard InChI is InChI=1S/C14H18N2O2/c1-9-2-3-10-7-11-8-12(16(17)18)4-5-13(11)15-14(10)6-9/h4-5,8-10,14-15H,2-3,6-7H2,1H3. The third kappa shape index (κ3) is 1.96. The Labute approximate surface area is 107 Å². The minimum Gasteiger partial charge on any atom is -0.382 e. The zero-order chi connectivity index (χ0) is 12.7. The van der Waals surface area contributed by atoms with Crippen LogP contribution in [0.2, 0.25) is 0 Å². The van der Waals surface area contributed by atoms with Gasteiger partial charge in [0.2, 0.25) is 0 Å². The van der Waals surface area contributed by atoms with Gasteiger partial charge in [0, 0.05) is 23.9 Å². The Kier molecular flexibility index (Phi) is 2.73. The number of anilines is 1. The molecule has 4 heteroatoms. The molecule has 3 rings (SSSR count). The number of rotatable bonds is 1. The van der Waals surface area contributed by atoms with Crippen molar-refractivity contribution in [1.82, 2.24) is 0 Å². The quantitative estimate of drug-likeness (QED) is 0.610. The summed E-state index contributed by atoms with van der Waals surface area (Å²) in [6.45, 7) is 2.31. The highest BCUT2D eigenvalue weighted by Crippen LogP contribution is 2.39. The molecule has 3 unspecified atom stereocenters. The third-order valence-corrected chi connectivity index (χ3v) is 4.38. The Bertz CT molecular complexity index is 487. The molecule has 1 aromatic rings. The maximum Gasteiger partial charge on any atom is 0.269 e. The molecule has 0 saturated heterocycles. The van der Waals surface area contributed by atoms with Gasteiger partial charge in [0.1, 0.15) is 0 Å². The van der Waals surface area contributed by atoms with Crippen LogP contribution in [-0.2, 0) is 6.42 Å². The number of nitro groups is 1. The molecule has 1 aliphatic carbocycles. The number of fused-ring (bicyclic) bond motifs is 2. The second-order valence-electron chi connectivity index (χ2n) is 5.73. The third-order valence-electron chi connectivity index (χ3n) is 4.38. The van der Waals surface area contributed by atoms with Gasteiger partial charge in [-0.2, -0.15) is 0 Å². The van der Waals surface area contributed by atoms with Crippen molar-refractivity contribution < 1.29 is 4.92 Å². The average molecular weight is 246 g/mol. The van der Waals surface area contributed by atoms with Crippen molar-refractivity contribution >= 4 is 11.4 Å². The Morgan fingerprint density at radius 2 is 2.22 bits per heavy atom. The number of non-ortho nitro benzene ring substituents is 1. The summed E-state index contributed by atoms with van der Waals surface area (Å²) in [5.41, 5.74) is 2.41. The molecule has 0 aromatic heterocycles. The van der Waals surface area contributed by atoms with Crippen LogP contribution in [-0.4, -0.2) is 11.0 Å². The summed E-state index contributed by atoms with van der Waals surface area (Å²) in [7, 11) is 0. The van der Waals surface area contributed by atoms with Crippen LogP contribution in [0.1, 0.15) is 31.7 Å². The monoisotopic (exact) mass is 246 g/mol. The Morgan fingerprint density at radius 1 is 1.39 bits per heavy atom. The summed E-state index contributed by atoms with van der Waals surface area (Å²) in [5.74, 6) is 1.44.